The van der Waals surface area contributed by atoms with Crippen LogP contribution in [0, 0.1) is 0 Å². The summed E-state index contributed by atoms with van der Waals surface area (Å²) in [6.45, 7) is 12.7. The summed E-state index contributed by atoms with van der Waals surface area (Å²) in [5.41, 5.74) is 2.83. The number of benzene rings is 2. The SMILES string of the molecule is C=CCn1c(SC(C)C(=O)Nc2cc(Cl)cc(Cl)c2)nnc1-c1ccc(C(C)(C)C)cc1. The van der Waals surface area contributed by atoms with Crippen molar-refractivity contribution in [1.29, 1.82) is 0 Å². The molecule has 32 heavy (non-hydrogen) atoms. The van der Waals surface area contributed by atoms with Gasteiger partial charge in [-0.2, -0.15) is 0 Å². The fourth-order valence-electron chi connectivity index (χ4n) is 3.08. The summed E-state index contributed by atoms with van der Waals surface area (Å²) in [6, 6.07) is 13.3. The van der Waals surface area contributed by atoms with Crippen LogP contribution in [0.15, 0.2) is 60.3 Å². The zero-order valence-electron chi connectivity index (χ0n) is 18.5. The van der Waals surface area contributed by atoms with Crippen molar-refractivity contribution >= 4 is 46.6 Å². The topological polar surface area (TPSA) is 59.8 Å². The number of thioether (sulfide) groups is 1. The van der Waals surface area contributed by atoms with E-state index in [1.807, 2.05) is 11.5 Å². The van der Waals surface area contributed by atoms with E-state index in [2.05, 4.69) is 67.1 Å². The van der Waals surface area contributed by atoms with Crippen LogP contribution in [0.5, 0.6) is 0 Å². The van der Waals surface area contributed by atoms with Crippen LogP contribution >= 0.6 is 35.0 Å². The van der Waals surface area contributed by atoms with Crippen LogP contribution in [0.3, 0.4) is 0 Å². The Labute approximate surface area is 203 Å². The van der Waals surface area contributed by atoms with E-state index in [0.29, 0.717) is 27.4 Å². The normalized spacial score (nSPS) is 12.4. The predicted molar refractivity (Wildman–Crippen MR) is 135 cm³/mol. The number of allylic oxidation sites excluding steroid dienone is 1. The molecule has 5 nitrogen and oxygen atoms in total. The highest BCUT2D eigenvalue weighted by molar-refractivity contribution is 8.00. The smallest absolute Gasteiger partial charge is 0.237 e. The number of carbonyl (C=O) groups is 1. The molecule has 0 saturated carbocycles. The van der Waals surface area contributed by atoms with E-state index in [1.54, 1.807) is 24.3 Å². The summed E-state index contributed by atoms with van der Waals surface area (Å²) < 4.78 is 1.96. The van der Waals surface area contributed by atoms with Crippen molar-refractivity contribution in [2.24, 2.45) is 0 Å². The maximum atomic E-state index is 12.7. The average molecular weight is 489 g/mol. The fourth-order valence-corrected chi connectivity index (χ4v) is 4.47. The van der Waals surface area contributed by atoms with E-state index < -0.39 is 5.25 Å². The van der Waals surface area contributed by atoms with Gasteiger partial charge in [0, 0.05) is 27.8 Å². The minimum Gasteiger partial charge on any atom is -0.325 e. The Morgan fingerprint density at radius 3 is 2.34 bits per heavy atom. The van der Waals surface area contributed by atoms with Crippen molar-refractivity contribution in [3.05, 3.63) is 70.7 Å². The first-order chi connectivity index (χ1) is 15.1. The zero-order valence-corrected chi connectivity index (χ0v) is 20.9. The number of carbonyl (C=O) groups excluding carboxylic acids is 1. The van der Waals surface area contributed by atoms with Gasteiger partial charge >= 0.3 is 0 Å². The Kier molecular flexibility index (Phi) is 7.70. The second-order valence-electron chi connectivity index (χ2n) is 8.44. The van der Waals surface area contributed by atoms with Gasteiger partial charge in [-0.05, 0) is 36.1 Å². The lowest BCUT2D eigenvalue weighted by Gasteiger charge is -2.19. The number of nitrogens with zero attached hydrogens (tertiary/aromatic N) is 3. The van der Waals surface area contributed by atoms with Crippen molar-refractivity contribution in [1.82, 2.24) is 14.8 Å². The van der Waals surface area contributed by atoms with Gasteiger partial charge < -0.3 is 5.32 Å². The minimum atomic E-state index is -0.420. The number of aromatic nitrogens is 3. The molecule has 168 valence electrons. The monoisotopic (exact) mass is 488 g/mol. The Bertz CT molecular complexity index is 1100. The maximum absolute atomic E-state index is 12.7. The molecule has 1 heterocycles. The number of halogens is 2. The molecular formula is C24H26Cl2N4OS. The molecule has 1 atom stereocenters. The number of hydrogen-bond donors (Lipinski definition) is 1. The lowest BCUT2D eigenvalue weighted by Crippen LogP contribution is -2.23. The van der Waals surface area contributed by atoms with Crippen LogP contribution in [0.2, 0.25) is 10.0 Å². The summed E-state index contributed by atoms with van der Waals surface area (Å²) >= 11 is 13.4. The standard InChI is InChI=1S/C24H26Cl2N4OS/c1-6-11-30-21(16-7-9-17(10-8-16)24(3,4)5)28-29-23(30)32-15(2)22(31)27-20-13-18(25)12-19(26)14-20/h6-10,12-15H,1,11H2,2-5H3,(H,27,31). The molecule has 0 aliphatic rings. The number of amides is 1. The van der Waals surface area contributed by atoms with Crippen LogP contribution in [0.1, 0.15) is 33.3 Å². The fraction of sp³-hybridized carbons (Fsp3) is 0.292. The van der Waals surface area contributed by atoms with Crippen LogP contribution in [0.4, 0.5) is 5.69 Å². The molecule has 2 aromatic carbocycles. The molecule has 3 rings (SSSR count). The summed E-state index contributed by atoms with van der Waals surface area (Å²) in [5, 5.41) is 12.7. The molecule has 3 aromatic rings. The van der Waals surface area contributed by atoms with E-state index >= 15 is 0 Å². The molecule has 0 aliphatic carbocycles. The van der Waals surface area contributed by atoms with Gasteiger partial charge in [0.15, 0.2) is 11.0 Å². The molecule has 1 unspecified atom stereocenters. The van der Waals surface area contributed by atoms with Crippen LogP contribution in [-0.4, -0.2) is 25.9 Å². The molecule has 0 spiro atoms. The largest absolute Gasteiger partial charge is 0.325 e. The third-order valence-corrected chi connectivity index (χ3v) is 6.34. The third-order valence-electron chi connectivity index (χ3n) is 4.82. The van der Waals surface area contributed by atoms with E-state index in [9.17, 15) is 4.79 Å². The van der Waals surface area contributed by atoms with Crippen molar-refractivity contribution in [3.63, 3.8) is 0 Å². The van der Waals surface area contributed by atoms with Gasteiger partial charge in [-0.3, -0.25) is 9.36 Å². The molecule has 0 aliphatic heterocycles. The molecule has 0 saturated heterocycles. The first-order valence-electron chi connectivity index (χ1n) is 10.2. The zero-order chi connectivity index (χ0) is 23.5. The number of anilines is 1. The van der Waals surface area contributed by atoms with E-state index in [1.165, 1.54) is 17.3 Å². The Morgan fingerprint density at radius 2 is 1.78 bits per heavy atom. The van der Waals surface area contributed by atoms with Crippen molar-refractivity contribution < 1.29 is 4.79 Å². The molecule has 1 amide bonds. The third kappa shape index (κ3) is 5.94. The first-order valence-corrected chi connectivity index (χ1v) is 11.8. The maximum Gasteiger partial charge on any atom is 0.237 e. The highest BCUT2D eigenvalue weighted by Crippen LogP contribution is 2.30. The van der Waals surface area contributed by atoms with Crippen molar-refractivity contribution in [3.8, 4) is 11.4 Å². The number of rotatable bonds is 7. The lowest BCUT2D eigenvalue weighted by molar-refractivity contribution is -0.115. The Balaban J connectivity index is 1.80. The molecular weight excluding hydrogens is 463 g/mol. The van der Waals surface area contributed by atoms with Crippen molar-refractivity contribution in [2.75, 3.05) is 5.32 Å². The van der Waals surface area contributed by atoms with E-state index in [4.69, 9.17) is 23.2 Å². The number of nitrogens with one attached hydrogen (secondary N) is 1. The molecule has 1 aromatic heterocycles. The van der Waals surface area contributed by atoms with Crippen LogP contribution in [-0.2, 0) is 16.8 Å². The van der Waals surface area contributed by atoms with Crippen molar-refractivity contribution in [2.45, 2.75) is 50.1 Å². The quantitative estimate of drug-likeness (QED) is 0.291. The molecule has 0 bridgehead atoms. The van der Waals surface area contributed by atoms with Gasteiger partial charge in [0.05, 0.1) is 5.25 Å². The van der Waals surface area contributed by atoms with E-state index in [0.717, 1.165) is 11.4 Å². The predicted octanol–water partition coefficient (Wildman–Crippen LogP) is 6.85. The average Bonchev–Trinajstić information content (AvgIpc) is 3.09. The molecule has 0 fully saturated rings. The molecule has 8 heteroatoms. The highest BCUT2D eigenvalue weighted by atomic mass is 35.5. The number of hydrogen-bond acceptors (Lipinski definition) is 4. The summed E-state index contributed by atoms with van der Waals surface area (Å²) in [4.78, 5) is 12.7. The molecule has 1 N–H and O–H groups in total. The summed E-state index contributed by atoms with van der Waals surface area (Å²) in [5.74, 6) is 0.555. The highest BCUT2D eigenvalue weighted by Gasteiger charge is 2.21. The summed E-state index contributed by atoms with van der Waals surface area (Å²) in [6.07, 6.45) is 1.79. The Morgan fingerprint density at radius 1 is 1.16 bits per heavy atom. The first kappa shape index (κ1) is 24.4. The minimum absolute atomic E-state index is 0.0737. The van der Waals surface area contributed by atoms with Gasteiger partial charge in [-0.1, -0.05) is 86.1 Å². The van der Waals surface area contributed by atoms with E-state index in [-0.39, 0.29) is 11.3 Å². The van der Waals surface area contributed by atoms with Crippen LogP contribution < -0.4 is 5.32 Å². The second kappa shape index (κ2) is 10.1. The van der Waals surface area contributed by atoms with Gasteiger partial charge in [0.25, 0.3) is 0 Å². The van der Waals surface area contributed by atoms with Gasteiger partial charge in [-0.25, -0.2) is 0 Å². The summed E-state index contributed by atoms with van der Waals surface area (Å²) in [7, 11) is 0. The molecule has 0 radical (unpaired) electrons. The lowest BCUT2D eigenvalue weighted by atomic mass is 9.87. The Hall–Kier alpha value is -2.28. The second-order valence-corrected chi connectivity index (χ2v) is 10.6. The van der Waals surface area contributed by atoms with Gasteiger partial charge in [-0.15, -0.1) is 16.8 Å². The van der Waals surface area contributed by atoms with Gasteiger partial charge in [0.1, 0.15) is 0 Å². The van der Waals surface area contributed by atoms with Gasteiger partial charge in [0.2, 0.25) is 5.91 Å². The van der Waals surface area contributed by atoms with Crippen LogP contribution in [0.25, 0.3) is 11.4 Å².